The molecule has 3 heterocycles. The zero-order valence-electron chi connectivity index (χ0n) is 43.3. The third-order valence-electron chi connectivity index (χ3n) is 14.4. The van der Waals surface area contributed by atoms with Gasteiger partial charge in [0.15, 0.2) is 6.23 Å². The highest BCUT2D eigenvalue weighted by atomic mass is 16.5. The van der Waals surface area contributed by atoms with Crippen LogP contribution in [0.3, 0.4) is 0 Å². The molecule has 3 fully saturated rings. The summed E-state index contributed by atoms with van der Waals surface area (Å²) in [7, 11) is 0. The Bertz CT molecular complexity index is 2550. The highest BCUT2D eigenvalue weighted by Gasteiger charge is 2.50. The number of ether oxygens (including phenoxy) is 1. The monoisotopic (exact) mass is 1080 g/mol. The summed E-state index contributed by atoms with van der Waals surface area (Å²) in [6, 6.07) is 6.59. The number of rotatable bonds is 13. The predicted molar refractivity (Wildman–Crippen MR) is 272 cm³/mol. The first-order valence-corrected chi connectivity index (χ1v) is 25.6. The van der Waals surface area contributed by atoms with Gasteiger partial charge in [-0.25, -0.2) is 0 Å². The van der Waals surface area contributed by atoms with Gasteiger partial charge in [0, 0.05) is 37.4 Å². The molecule has 24 nitrogen and oxygen atoms in total. The molecular formula is C53H71N7O17. The smallest absolute Gasteiger partial charge is 0.251 e. The van der Waals surface area contributed by atoms with E-state index in [2.05, 4.69) is 40.4 Å². The van der Waals surface area contributed by atoms with Gasteiger partial charge in [-0.1, -0.05) is 70.0 Å². The third-order valence-corrected chi connectivity index (χ3v) is 14.4. The number of hydrogen-bond donors (Lipinski definition) is 14. The molecule has 15 atom stereocenters. The van der Waals surface area contributed by atoms with Crippen molar-refractivity contribution in [2.45, 2.75) is 146 Å². The molecule has 3 aromatic carbocycles. The summed E-state index contributed by atoms with van der Waals surface area (Å²) in [4.78, 5) is 101. The maximum absolute atomic E-state index is 14.4. The highest BCUT2D eigenvalue weighted by molar-refractivity contribution is 6.00. The molecule has 0 aromatic heterocycles. The minimum Gasteiger partial charge on any atom is -0.508 e. The molecule has 0 saturated carbocycles. The number of nitrogens with zero attached hydrogens (tertiary/aromatic N) is 2. The quantitative estimate of drug-likeness (QED) is 0.0852. The molecule has 14 N–H and O–H groups in total. The Morgan fingerprint density at radius 2 is 1.22 bits per heavy atom. The largest absolute Gasteiger partial charge is 0.508 e. The van der Waals surface area contributed by atoms with E-state index in [1.807, 2.05) is 24.3 Å². The molecule has 0 aliphatic carbocycles. The van der Waals surface area contributed by atoms with Crippen LogP contribution in [0.15, 0.2) is 72.8 Å². The Morgan fingerprint density at radius 3 is 1.79 bits per heavy atom. The third kappa shape index (κ3) is 14.2. The number of amides is 7. The minimum absolute atomic E-state index is 0.0111. The van der Waals surface area contributed by atoms with Gasteiger partial charge >= 0.3 is 0 Å². The summed E-state index contributed by atoms with van der Waals surface area (Å²) >= 11 is 0. The number of fused-ring (bicyclic) bond motifs is 2. The van der Waals surface area contributed by atoms with Crippen LogP contribution in [0.1, 0.15) is 82.3 Å². The predicted octanol–water partition coefficient (Wildman–Crippen LogP) is -2.35. The van der Waals surface area contributed by atoms with Crippen LogP contribution in [0.2, 0.25) is 0 Å². The maximum atomic E-state index is 14.4. The van der Waals surface area contributed by atoms with Crippen LogP contribution in [0.25, 0.3) is 11.1 Å². The van der Waals surface area contributed by atoms with Gasteiger partial charge in [0.05, 0.1) is 31.0 Å². The van der Waals surface area contributed by atoms with Crippen LogP contribution in [0, 0.1) is 11.8 Å². The van der Waals surface area contributed by atoms with E-state index in [0.29, 0.717) is 23.8 Å². The zero-order valence-corrected chi connectivity index (χ0v) is 43.3. The van der Waals surface area contributed by atoms with Crippen LogP contribution in [-0.2, 0) is 28.8 Å². The van der Waals surface area contributed by atoms with Crippen molar-refractivity contribution in [3.8, 4) is 22.6 Å². The van der Waals surface area contributed by atoms with Crippen molar-refractivity contribution in [1.82, 2.24) is 36.4 Å². The van der Waals surface area contributed by atoms with Gasteiger partial charge in [0.1, 0.15) is 66.1 Å². The Hall–Kier alpha value is -6.77. The second kappa shape index (κ2) is 26.0. The molecular weight excluding hydrogens is 1010 g/mol. The lowest BCUT2D eigenvalue weighted by atomic mass is 9.96. The normalized spacial score (nSPS) is 28.7. The van der Waals surface area contributed by atoms with E-state index >= 15 is 0 Å². The minimum atomic E-state index is -2.29. The molecule has 7 amide bonds. The van der Waals surface area contributed by atoms with Crippen molar-refractivity contribution in [1.29, 1.82) is 0 Å². The van der Waals surface area contributed by atoms with E-state index in [4.69, 9.17) is 4.74 Å². The number of aliphatic hydroxyl groups excluding tert-OH is 8. The topological polar surface area (TPSA) is 377 Å². The van der Waals surface area contributed by atoms with Crippen LogP contribution >= 0.6 is 0 Å². The Balaban J connectivity index is 1.34. The summed E-state index contributed by atoms with van der Waals surface area (Å²) in [6.45, 7) is 7.47. The molecule has 420 valence electrons. The molecule has 3 aliphatic rings. The van der Waals surface area contributed by atoms with Crippen molar-refractivity contribution in [3.63, 3.8) is 0 Å². The van der Waals surface area contributed by atoms with Gasteiger partial charge in [0.2, 0.25) is 35.4 Å². The number of hydrogen-bond acceptors (Lipinski definition) is 17. The van der Waals surface area contributed by atoms with E-state index in [9.17, 15) is 79.5 Å². The fourth-order valence-corrected chi connectivity index (χ4v) is 9.56. The maximum Gasteiger partial charge on any atom is 0.251 e. The van der Waals surface area contributed by atoms with E-state index in [1.165, 1.54) is 31.2 Å². The van der Waals surface area contributed by atoms with Gasteiger partial charge in [-0.15, -0.1) is 0 Å². The summed E-state index contributed by atoms with van der Waals surface area (Å²) in [5.41, 5.74) is 1.44. The summed E-state index contributed by atoms with van der Waals surface area (Å²) in [5.74, 6) is -8.34. The number of aromatic hydroxyl groups is 1. The number of phenolic OH excluding ortho intramolecular Hbond substituents is 1. The Morgan fingerprint density at radius 1 is 0.675 bits per heavy atom. The number of phenols is 1. The fourth-order valence-electron chi connectivity index (χ4n) is 9.56. The van der Waals surface area contributed by atoms with E-state index < -0.39 is 152 Å². The van der Waals surface area contributed by atoms with Gasteiger partial charge in [-0.05, 0) is 72.9 Å². The van der Waals surface area contributed by atoms with E-state index in [1.54, 1.807) is 12.1 Å². The van der Waals surface area contributed by atoms with E-state index in [-0.39, 0.29) is 23.4 Å². The van der Waals surface area contributed by atoms with Crippen molar-refractivity contribution in [2.24, 2.45) is 11.8 Å². The second-order valence-electron chi connectivity index (χ2n) is 20.1. The fraction of sp³-hybridized carbons (Fsp3) is 0.528. The van der Waals surface area contributed by atoms with Crippen molar-refractivity contribution < 1.29 is 84.3 Å². The molecule has 0 unspecified atom stereocenters. The average Bonchev–Trinajstić information content (AvgIpc) is 3.95. The number of benzene rings is 3. The summed E-state index contributed by atoms with van der Waals surface area (Å²) in [6.07, 6.45) is -14.8. The lowest BCUT2D eigenvalue weighted by molar-refractivity contribution is -0.148. The molecule has 3 aromatic rings. The molecule has 0 radical (unpaired) electrons. The average molecular weight is 1080 g/mol. The van der Waals surface area contributed by atoms with Crippen LogP contribution in [0.5, 0.6) is 11.5 Å². The zero-order chi connectivity index (χ0) is 56.6. The Kier molecular flexibility index (Phi) is 20.1. The van der Waals surface area contributed by atoms with Gasteiger partial charge in [-0.2, -0.15) is 0 Å². The van der Waals surface area contributed by atoms with E-state index in [0.717, 1.165) is 54.2 Å². The highest BCUT2D eigenvalue weighted by Crippen LogP contribution is 2.29. The molecule has 3 aliphatic heterocycles. The van der Waals surface area contributed by atoms with Crippen molar-refractivity contribution in [2.75, 3.05) is 19.7 Å². The van der Waals surface area contributed by atoms with Gasteiger partial charge < -0.3 is 87.1 Å². The van der Waals surface area contributed by atoms with Crippen molar-refractivity contribution in [3.05, 3.63) is 83.9 Å². The molecule has 0 bridgehead atoms. The first kappa shape index (κ1) is 59.5. The lowest BCUT2D eigenvalue weighted by Crippen LogP contribution is -2.64. The van der Waals surface area contributed by atoms with Crippen molar-refractivity contribution >= 4 is 41.4 Å². The van der Waals surface area contributed by atoms with Crippen LogP contribution < -0.4 is 31.3 Å². The van der Waals surface area contributed by atoms with Crippen LogP contribution in [-0.4, -0.2) is 196 Å². The first-order valence-electron chi connectivity index (χ1n) is 25.6. The molecule has 24 heteroatoms. The van der Waals surface area contributed by atoms with Gasteiger partial charge in [-0.3, -0.25) is 33.6 Å². The second-order valence-corrected chi connectivity index (χ2v) is 20.1. The number of nitrogens with one attached hydrogen (secondary N) is 5. The molecule has 0 spiro atoms. The van der Waals surface area contributed by atoms with Gasteiger partial charge in [0.25, 0.3) is 5.91 Å². The summed E-state index contributed by atoms with van der Waals surface area (Å²) < 4.78 is 5.94. The SMILES string of the molecule is CCC(CC)COc1ccc(-c2ccc(C(=O)N[C@H]3C[C@@H](O)[C@H](O)NC(=O)[C@@H]4[C@@H](O)[C@@H](C)CN4C(=O)[C@H]([C@@H](C)O)NC(=O)[C@H]([C@H](O)[C@@H](O)c4ccc(O)cc4)NC(=O)[C@@H]4C[C@@H](O)CN4C(=O)[C@H]([C@@H](C)O)NC3=O)cc2)cc1. The van der Waals surface area contributed by atoms with Crippen LogP contribution in [0.4, 0.5) is 0 Å². The Labute approximate surface area is 444 Å². The summed E-state index contributed by atoms with van der Waals surface area (Å²) in [5, 5.41) is 111. The standard InChI is InChI=1S/C53H71N7O17/c1-6-28(7-2)24-77-35-18-14-30(15-19-35)29-8-10-32(11-9-29)46(69)54-36-21-38(65)49(72)58-51(74)42-43(66)25(3)22-60(42)53(76)40(27(5)62)56-50(73)41(45(68)44(67)31-12-16-33(63)17-13-31)57-48(71)37-20-34(64)23-59(37)52(75)39(26(4)61)55-47(36)70/h8-19,25-28,34,36-45,49,61-68,72H,6-7,20-24H2,1-5H3,(H,54,69)(H,55,70)(H,56,73)(H,57,71)(H,58,74)/t25-,26+,27+,34+,36-,37-,38+,39-,40-,41-,42-,43-,44-,45-,49-/m0/s1. The first-order chi connectivity index (χ1) is 36.4. The molecule has 77 heavy (non-hydrogen) atoms. The lowest BCUT2D eigenvalue weighted by Gasteiger charge is -2.34. The number of aliphatic hydroxyl groups is 8. The number of carbonyl (C=O) groups excluding carboxylic acids is 7. The molecule has 3 saturated heterocycles. The number of carbonyl (C=O) groups is 7. The molecule has 6 rings (SSSR count).